The largest absolute Gasteiger partial charge is 0.372 e. The number of nitriles is 1. The highest BCUT2D eigenvalue weighted by atomic mass is 16.3. The van der Waals surface area contributed by atoms with E-state index in [0.29, 0.717) is 17.2 Å². The molecule has 4 aromatic rings. The van der Waals surface area contributed by atoms with Crippen LogP contribution in [0.4, 0.5) is 11.5 Å². The van der Waals surface area contributed by atoms with E-state index in [4.69, 9.17) is 0 Å². The van der Waals surface area contributed by atoms with E-state index in [9.17, 15) is 10.4 Å². The number of allylic oxidation sites excluding steroid dienone is 1. The maximum atomic E-state index is 10.1. The Hall–Kier alpha value is -4.33. The van der Waals surface area contributed by atoms with E-state index in [0.717, 1.165) is 28.1 Å². The van der Waals surface area contributed by atoms with E-state index in [2.05, 4.69) is 37.1 Å². The minimum atomic E-state index is -0.859. The number of nitrogens with one attached hydrogen (secondary N) is 2. The molecule has 0 bridgehead atoms. The molecule has 5 rings (SSSR count). The van der Waals surface area contributed by atoms with Crippen LogP contribution in [0.1, 0.15) is 25.1 Å². The van der Waals surface area contributed by atoms with Crippen LogP contribution in [-0.4, -0.2) is 41.1 Å². The van der Waals surface area contributed by atoms with E-state index >= 15 is 0 Å². The number of anilines is 2. The summed E-state index contributed by atoms with van der Waals surface area (Å²) in [6, 6.07) is 13.8. The van der Waals surface area contributed by atoms with Crippen molar-refractivity contribution in [1.82, 2.24) is 35.2 Å². The molecule has 1 aliphatic heterocycles. The molecule has 0 fully saturated rings. The first-order valence-electron chi connectivity index (χ1n) is 10.8. The maximum Gasteiger partial charge on any atom is 0.162 e. The Kier molecular flexibility index (Phi) is 5.20. The van der Waals surface area contributed by atoms with Gasteiger partial charge in [0.05, 0.1) is 35.5 Å². The molecule has 170 valence electrons. The van der Waals surface area contributed by atoms with Crippen LogP contribution in [0.25, 0.3) is 16.8 Å². The van der Waals surface area contributed by atoms with Crippen molar-refractivity contribution in [3.05, 3.63) is 78.0 Å². The van der Waals surface area contributed by atoms with Crippen LogP contribution in [0.2, 0.25) is 0 Å². The van der Waals surface area contributed by atoms with Gasteiger partial charge in [-0.1, -0.05) is 24.3 Å². The van der Waals surface area contributed by atoms with Crippen molar-refractivity contribution < 1.29 is 5.11 Å². The molecule has 34 heavy (non-hydrogen) atoms. The molecule has 3 aromatic heterocycles. The number of aliphatic hydroxyl groups excluding tert-OH is 1. The fourth-order valence-electron chi connectivity index (χ4n) is 4.12. The summed E-state index contributed by atoms with van der Waals surface area (Å²) < 4.78 is 1.71. The summed E-state index contributed by atoms with van der Waals surface area (Å²) >= 11 is 0. The lowest BCUT2D eigenvalue weighted by molar-refractivity contribution is 0.00596. The van der Waals surface area contributed by atoms with Crippen LogP contribution in [0.15, 0.2) is 66.8 Å². The molecule has 0 saturated carbocycles. The Morgan fingerprint density at radius 2 is 1.97 bits per heavy atom. The number of hydrogen-bond donors (Lipinski definition) is 3. The molecule has 2 atom stereocenters. The van der Waals surface area contributed by atoms with Crippen LogP contribution in [-0.2, 0) is 5.54 Å². The second-order valence-corrected chi connectivity index (χ2v) is 8.36. The zero-order chi connectivity index (χ0) is 23.9. The van der Waals surface area contributed by atoms with Crippen LogP contribution < -0.4 is 10.7 Å². The van der Waals surface area contributed by atoms with Crippen LogP contribution in [0.5, 0.6) is 0 Å². The molecule has 0 spiro atoms. The van der Waals surface area contributed by atoms with Gasteiger partial charge < -0.3 is 10.4 Å². The standard InChI is InChI=1S/C24H23N9O/c1-15-8-9-22(30-29-15)28-17-12-26-23-20(13-27-32(23)14-17)19-6-4-5-7-21(19)24(3)10-18(11-25)33(31-24)16(2)34/h4-10,12-14,16,31,34H,1-3H3,(H,28,30). The maximum absolute atomic E-state index is 10.1. The highest BCUT2D eigenvalue weighted by molar-refractivity contribution is 5.80. The summed E-state index contributed by atoms with van der Waals surface area (Å²) in [7, 11) is 0. The van der Waals surface area contributed by atoms with Gasteiger partial charge in [0.2, 0.25) is 0 Å². The van der Waals surface area contributed by atoms with Gasteiger partial charge in [0, 0.05) is 5.56 Å². The summed E-state index contributed by atoms with van der Waals surface area (Å²) in [6.45, 7) is 5.46. The predicted molar refractivity (Wildman–Crippen MR) is 126 cm³/mol. The molecular weight excluding hydrogens is 430 g/mol. The highest BCUT2D eigenvalue weighted by Gasteiger charge is 2.38. The molecule has 10 nitrogen and oxygen atoms in total. The molecule has 2 unspecified atom stereocenters. The second-order valence-electron chi connectivity index (χ2n) is 8.36. The molecule has 10 heteroatoms. The Labute approximate surface area is 196 Å². The normalized spacial score (nSPS) is 18.6. The zero-order valence-electron chi connectivity index (χ0n) is 18.9. The number of aromatic nitrogens is 5. The molecule has 0 aliphatic carbocycles. The minimum Gasteiger partial charge on any atom is -0.372 e. The topological polar surface area (TPSA) is 127 Å². The lowest BCUT2D eigenvalue weighted by Crippen LogP contribution is -2.47. The van der Waals surface area contributed by atoms with Gasteiger partial charge in [0.25, 0.3) is 0 Å². The summed E-state index contributed by atoms with van der Waals surface area (Å²) in [5.74, 6) is 0.618. The van der Waals surface area contributed by atoms with E-state index in [-0.39, 0.29) is 0 Å². The average Bonchev–Trinajstić information content (AvgIpc) is 3.42. The fraction of sp³-hybridized carbons (Fsp3) is 0.208. The number of hydrazine groups is 1. The lowest BCUT2D eigenvalue weighted by Gasteiger charge is -2.31. The van der Waals surface area contributed by atoms with Crippen LogP contribution in [0.3, 0.4) is 0 Å². The molecule has 4 heterocycles. The SMILES string of the molecule is Cc1ccc(Nc2cnc3c(-c4ccccc4C4(C)C=C(C#N)N(C(C)O)N4)cnn3c2)nn1. The van der Waals surface area contributed by atoms with Crippen molar-refractivity contribution in [3.63, 3.8) is 0 Å². The third kappa shape index (κ3) is 3.73. The Balaban J connectivity index is 1.53. The van der Waals surface area contributed by atoms with Gasteiger partial charge in [0.1, 0.15) is 18.0 Å². The lowest BCUT2D eigenvalue weighted by atomic mass is 9.86. The van der Waals surface area contributed by atoms with Gasteiger partial charge >= 0.3 is 0 Å². The molecule has 0 radical (unpaired) electrons. The van der Waals surface area contributed by atoms with E-state index in [1.807, 2.05) is 62.5 Å². The Morgan fingerprint density at radius 3 is 2.68 bits per heavy atom. The van der Waals surface area contributed by atoms with E-state index in [1.165, 1.54) is 5.01 Å². The van der Waals surface area contributed by atoms with E-state index < -0.39 is 11.8 Å². The second kappa shape index (κ2) is 8.22. The zero-order valence-corrected chi connectivity index (χ0v) is 18.9. The van der Waals surface area contributed by atoms with Crippen LogP contribution in [0, 0.1) is 18.3 Å². The first-order chi connectivity index (χ1) is 16.4. The molecule has 1 aromatic carbocycles. The molecule has 1 aliphatic rings. The van der Waals surface area contributed by atoms with Gasteiger partial charge in [-0.25, -0.2) is 14.9 Å². The summed E-state index contributed by atoms with van der Waals surface area (Å²) in [4.78, 5) is 4.65. The van der Waals surface area contributed by atoms with Crippen molar-refractivity contribution >= 4 is 17.2 Å². The van der Waals surface area contributed by atoms with Crippen molar-refractivity contribution in [2.45, 2.75) is 32.5 Å². The van der Waals surface area contributed by atoms with Gasteiger partial charge in [-0.05, 0) is 50.1 Å². The number of aryl methyl sites for hydroxylation is 1. The molecular formula is C24H23N9O. The summed E-state index contributed by atoms with van der Waals surface area (Å²) in [5, 5.41) is 37.0. The highest BCUT2D eigenvalue weighted by Crippen LogP contribution is 2.38. The van der Waals surface area contributed by atoms with Crippen molar-refractivity contribution in [1.29, 1.82) is 5.26 Å². The van der Waals surface area contributed by atoms with Gasteiger partial charge in [-0.3, -0.25) is 5.01 Å². The minimum absolute atomic E-state index is 0.361. The smallest absolute Gasteiger partial charge is 0.162 e. The summed E-state index contributed by atoms with van der Waals surface area (Å²) in [6.07, 6.45) is 6.30. The molecule has 0 amide bonds. The number of benzene rings is 1. The monoisotopic (exact) mass is 453 g/mol. The van der Waals surface area contributed by atoms with Crippen LogP contribution >= 0.6 is 0 Å². The average molecular weight is 454 g/mol. The quantitative estimate of drug-likeness (QED) is 0.418. The Morgan fingerprint density at radius 1 is 1.15 bits per heavy atom. The summed E-state index contributed by atoms with van der Waals surface area (Å²) in [5.41, 5.74) is 7.88. The number of aliphatic hydroxyl groups is 1. The van der Waals surface area contributed by atoms with E-state index in [1.54, 1.807) is 23.8 Å². The molecule has 0 saturated heterocycles. The predicted octanol–water partition coefficient (Wildman–Crippen LogP) is 3.02. The number of hydrogen-bond acceptors (Lipinski definition) is 9. The van der Waals surface area contributed by atoms with Crippen molar-refractivity contribution in [3.8, 4) is 17.2 Å². The number of nitrogens with zero attached hydrogens (tertiary/aromatic N) is 7. The van der Waals surface area contributed by atoms with Gasteiger partial charge in [-0.15, -0.1) is 5.10 Å². The fourth-order valence-corrected chi connectivity index (χ4v) is 4.12. The van der Waals surface area contributed by atoms with Crippen molar-refractivity contribution in [2.24, 2.45) is 0 Å². The van der Waals surface area contributed by atoms with Crippen molar-refractivity contribution in [2.75, 3.05) is 5.32 Å². The van der Waals surface area contributed by atoms with Gasteiger partial charge in [0.15, 0.2) is 11.5 Å². The Bertz CT molecular complexity index is 1440. The number of fused-ring (bicyclic) bond motifs is 1. The third-order valence-corrected chi connectivity index (χ3v) is 5.73. The number of rotatable bonds is 5. The molecule has 3 N–H and O–H groups in total. The third-order valence-electron chi connectivity index (χ3n) is 5.73. The van der Waals surface area contributed by atoms with Gasteiger partial charge in [-0.2, -0.15) is 15.5 Å². The first kappa shape index (κ1) is 21.5. The first-order valence-corrected chi connectivity index (χ1v) is 10.8.